The molecule has 1 rings (SSSR count). The number of carbonyl (C=O) groups is 3. The van der Waals surface area contributed by atoms with Crippen LogP contribution < -0.4 is 0 Å². The van der Waals surface area contributed by atoms with E-state index in [1.54, 1.807) is 0 Å². The molecule has 0 N–H and O–H groups in total. The van der Waals surface area contributed by atoms with Crippen LogP contribution in [-0.2, 0) is 19.2 Å². The second kappa shape index (κ2) is 6.38. The lowest BCUT2D eigenvalue weighted by molar-refractivity contribution is -0.199. The van der Waals surface area contributed by atoms with E-state index in [4.69, 9.17) is 4.84 Å². The number of carbonyl (C=O) groups excluding carboxylic acids is 3. The van der Waals surface area contributed by atoms with E-state index in [1.165, 1.54) is 0 Å². The van der Waals surface area contributed by atoms with E-state index in [-0.39, 0.29) is 28.8 Å². The Balaban J connectivity index is 2.87. The Morgan fingerprint density at radius 2 is 1.48 bits per heavy atom. The van der Waals surface area contributed by atoms with Crippen molar-refractivity contribution in [2.75, 3.05) is 0 Å². The Hall–Kier alpha value is -1.17. The predicted molar refractivity (Wildman–Crippen MR) is 92.2 cm³/mol. The molecule has 1 fully saturated rings. The molecular formula is C17H31NO4Si. The van der Waals surface area contributed by atoms with E-state index in [0.717, 1.165) is 6.04 Å². The van der Waals surface area contributed by atoms with Gasteiger partial charge in [0, 0.05) is 12.8 Å². The Morgan fingerprint density at radius 3 is 1.83 bits per heavy atom. The van der Waals surface area contributed by atoms with Crippen LogP contribution in [0.5, 0.6) is 0 Å². The van der Waals surface area contributed by atoms with Crippen LogP contribution in [-0.4, -0.2) is 30.9 Å². The first-order valence-electron chi connectivity index (χ1n) is 8.28. The van der Waals surface area contributed by atoms with E-state index < -0.39 is 25.9 Å². The molecule has 0 bridgehead atoms. The summed E-state index contributed by atoms with van der Waals surface area (Å²) in [5.74, 6) is -1.68. The fourth-order valence-corrected chi connectivity index (χ4v) is 8.14. The van der Waals surface area contributed by atoms with E-state index in [2.05, 4.69) is 48.1 Å². The standard InChI is InChI=1S/C17H31NO4Si/c1-12(11-23(8,16(2,3)4)17(5,6)7)15(21)22-18-13(19)9-10-14(18)20/h12H,9-11H2,1-8H3. The molecule has 0 radical (unpaired) electrons. The van der Waals surface area contributed by atoms with Gasteiger partial charge >= 0.3 is 5.97 Å². The van der Waals surface area contributed by atoms with E-state index in [1.807, 2.05) is 6.92 Å². The van der Waals surface area contributed by atoms with Crippen molar-refractivity contribution in [3.8, 4) is 0 Å². The molecule has 1 saturated heterocycles. The number of amides is 2. The van der Waals surface area contributed by atoms with Gasteiger partial charge in [0.1, 0.15) is 0 Å². The number of nitrogens with zero attached hydrogens (tertiary/aromatic N) is 1. The third-order valence-electron chi connectivity index (χ3n) is 5.61. The van der Waals surface area contributed by atoms with Crippen molar-refractivity contribution in [2.24, 2.45) is 5.92 Å². The molecule has 5 nitrogen and oxygen atoms in total. The van der Waals surface area contributed by atoms with Gasteiger partial charge in [-0.25, -0.2) is 4.79 Å². The highest BCUT2D eigenvalue weighted by molar-refractivity contribution is 6.84. The van der Waals surface area contributed by atoms with E-state index in [9.17, 15) is 14.4 Å². The van der Waals surface area contributed by atoms with Crippen LogP contribution in [0.1, 0.15) is 61.3 Å². The second-order valence-corrected chi connectivity index (χ2v) is 15.0. The molecule has 23 heavy (non-hydrogen) atoms. The summed E-state index contributed by atoms with van der Waals surface area (Å²) in [5.41, 5.74) is 0. The lowest BCUT2D eigenvalue weighted by Gasteiger charge is -2.50. The first-order chi connectivity index (χ1) is 10.2. The molecule has 0 saturated carbocycles. The highest BCUT2D eigenvalue weighted by atomic mass is 28.3. The van der Waals surface area contributed by atoms with Crippen LogP contribution in [0, 0.1) is 5.92 Å². The monoisotopic (exact) mass is 341 g/mol. The maximum atomic E-state index is 12.4. The van der Waals surface area contributed by atoms with Crippen molar-refractivity contribution >= 4 is 25.9 Å². The van der Waals surface area contributed by atoms with Gasteiger partial charge in [-0.15, -0.1) is 5.06 Å². The Labute approximate surface area is 140 Å². The number of rotatable bonds is 4. The summed E-state index contributed by atoms with van der Waals surface area (Å²) in [6.07, 6.45) is 0.244. The number of hydroxylamine groups is 2. The van der Waals surface area contributed by atoms with Crippen LogP contribution in [0.4, 0.5) is 0 Å². The summed E-state index contributed by atoms with van der Waals surface area (Å²) in [6, 6.07) is 0.759. The number of imide groups is 1. The molecule has 1 atom stereocenters. The van der Waals surface area contributed by atoms with E-state index >= 15 is 0 Å². The smallest absolute Gasteiger partial charge is 0.330 e. The largest absolute Gasteiger partial charge is 0.335 e. The summed E-state index contributed by atoms with van der Waals surface area (Å²) < 4.78 is 0. The van der Waals surface area contributed by atoms with Crippen molar-refractivity contribution in [1.29, 1.82) is 0 Å². The second-order valence-electron chi connectivity index (χ2n) is 8.93. The van der Waals surface area contributed by atoms with Gasteiger partial charge in [0.05, 0.1) is 14.0 Å². The van der Waals surface area contributed by atoms with Crippen molar-refractivity contribution in [3.63, 3.8) is 0 Å². The highest BCUT2D eigenvalue weighted by Gasteiger charge is 2.50. The Kier molecular flexibility index (Phi) is 5.51. The molecule has 0 aromatic carbocycles. The van der Waals surface area contributed by atoms with Gasteiger partial charge in [0.15, 0.2) is 0 Å². The SMILES string of the molecule is CC(C[Si](C)(C(C)(C)C)C(C)(C)C)C(=O)ON1C(=O)CCC1=O. The Bertz CT molecular complexity index is 472. The minimum atomic E-state index is -1.86. The Morgan fingerprint density at radius 1 is 1.09 bits per heavy atom. The average Bonchev–Trinajstić information content (AvgIpc) is 2.67. The summed E-state index contributed by atoms with van der Waals surface area (Å²) in [5, 5.41) is 0.893. The van der Waals surface area contributed by atoms with Gasteiger partial charge < -0.3 is 4.84 Å². The van der Waals surface area contributed by atoms with Crippen LogP contribution in [0.25, 0.3) is 0 Å². The molecule has 1 unspecified atom stereocenters. The third-order valence-corrected chi connectivity index (χ3v) is 13.7. The maximum Gasteiger partial charge on any atom is 0.335 e. The van der Waals surface area contributed by atoms with Gasteiger partial charge in [-0.1, -0.05) is 55.0 Å². The zero-order valence-electron chi connectivity index (χ0n) is 15.8. The molecule has 0 spiro atoms. The molecule has 0 aliphatic carbocycles. The molecule has 6 heteroatoms. The van der Waals surface area contributed by atoms with Gasteiger partial charge in [-0.05, 0) is 16.1 Å². The minimum absolute atomic E-state index is 0.122. The molecule has 132 valence electrons. The molecule has 2 amide bonds. The summed E-state index contributed by atoms with van der Waals surface area (Å²) in [7, 11) is -1.86. The van der Waals surface area contributed by atoms with Crippen LogP contribution in [0.2, 0.25) is 22.7 Å². The van der Waals surface area contributed by atoms with Crippen LogP contribution >= 0.6 is 0 Å². The zero-order chi connectivity index (χ0) is 18.2. The summed E-state index contributed by atoms with van der Waals surface area (Å²) in [4.78, 5) is 40.6. The molecular weight excluding hydrogens is 310 g/mol. The zero-order valence-corrected chi connectivity index (χ0v) is 16.8. The fourth-order valence-electron chi connectivity index (χ4n) is 3.27. The van der Waals surface area contributed by atoms with Gasteiger partial charge in [-0.3, -0.25) is 9.59 Å². The molecule has 0 aromatic rings. The van der Waals surface area contributed by atoms with Crippen LogP contribution in [0.3, 0.4) is 0 Å². The van der Waals surface area contributed by atoms with Crippen LogP contribution in [0.15, 0.2) is 0 Å². The normalized spacial score (nSPS) is 18.3. The van der Waals surface area contributed by atoms with Gasteiger partial charge in [0.25, 0.3) is 11.8 Å². The summed E-state index contributed by atoms with van der Waals surface area (Å²) in [6.45, 7) is 17.5. The summed E-state index contributed by atoms with van der Waals surface area (Å²) >= 11 is 0. The maximum absolute atomic E-state index is 12.4. The molecule has 1 heterocycles. The fraction of sp³-hybridized carbons (Fsp3) is 0.824. The van der Waals surface area contributed by atoms with Gasteiger partial charge in [-0.2, -0.15) is 0 Å². The first kappa shape index (κ1) is 19.9. The van der Waals surface area contributed by atoms with Gasteiger partial charge in [0.2, 0.25) is 0 Å². The molecule has 0 aromatic heterocycles. The third kappa shape index (κ3) is 4.02. The number of hydrogen-bond acceptors (Lipinski definition) is 4. The lowest BCUT2D eigenvalue weighted by Crippen LogP contribution is -2.51. The molecule has 1 aliphatic rings. The quantitative estimate of drug-likeness (QED) is 0.574. The van der Waals surface area contributed by atoms with Crippen molar-refractivity contribution < 1.29 is 19.2 Å². The van der Waals surface area contributed by atoms with E-state index in [0.29, 0.717) is 5.06 Å². The lowest BCUT2D eigenvalue weighted by atomic mass is 10.2. The highest BCUT2D eigenvalue weighted by Crippen LogP contribution is 2.54. The van der Waals surface area contributed by atoms with Crippen molar-refractivity contribution in [1.82, 2.24) is 5.06 Å². The van der Waals surface area contributed by atoms with Crippen molar-refractivity contribution in [3.05, 3.63) is 0 Å². The number of hydrogen-bond donors (Lipinski definition) is 0. The topological polar surface area (TPSA) is 63.7 Å². The minimum Gasteiger partial charge on any atom is -0.330 e. The van der Waals surface area contributed by atoms with Crippen molar-refractivity contribution in [2.45, 2.75) is 84.0 Å². The predicted octanol–water partition coefficient (Wildman–Crippen LogP) is 3.91. The first-order valence-corrected chi connectivity index (χ1v) is 11.0. The molecule has 1 aliphatic heterocycles. The average molecular weight is 342 g/mol.